The Morgan fingerprint density at radius 1 is 1.09 bits per heavy atom. The van der Waals surface area contributed by atoms with Gasteiger partial charge in [-0.1, -0.05) is 25.5 Å². The molecule has 0 amide bonds. The van der Waals surface area contributed by atoms with Crippen LogP contribution in [0, 0.1) is 5.82 Å². The number of anilines is 1. The molecule has 0 fully saturated rings. The van der Waals surface area contributed by atoms with E-state index in [9.17, 15) is 4.39 Å². The molecule has 0 aliphatic heterocycles. The SMILES string of the molecule is CCCCOc1c(CNc2ccc(F)cc2)cccc1OC. The molecule has 0 spiro atoms. The summed E-state index contributed by atoms with van der Waals surface area (Å²) in [6.07, 6.45) is 2.08. The molecule has 0 unspecified atom stereocenters. The van der Waals surface area contributed by atoms with E-state index in [2.05, 4.69) is 12.2 Å². The molecule has 0 aliphatic rings. The molecule has 0 aliphatic carbocycles. The lowest BCUT2D eigenvalue weighted by molar-refractivity contribution is 0.285. The first-order valence-corrected chi connectivity index (χ1v) is 7.52. The van der Waals surface area contributed by atoms with Crippen molar-refractivity contribution >= 4 is 5.69 Å². The van der Waals surface area contributed by atoms with Gasteiger partial charge < -0.3 is 14.8 Å². The fourth-order valence-electron chi connectivity index (χ4n) is 2.11. The largest absolute Gasteiger partial charge is 0.493 e. The summed E-state index contributed by atoms with van der Waals surface area (Å²) in [6.45, 7) is 3.38. The molecule has 1 N–H and O–H groups in total. The minimum atomic E-state index is -0.240. The number of hydrogen-bond acceptors (Lipinski definition) is 3. The zero-order valence-electron chi connectivity index (χ0n) is 13.1. The van der Waals surface area contributed by atoms with Crippen LogP contribution in [0.4, 0.5) is 10.1 Å². The van der Waals surface area contributed by atoms with E-state index in [1.165, 1.54) is 12.1 Å². The Balaban J connectivity index is 2.09. The Bertz CT molecular complexity index is 584. The molecule has 2 aromatic rings. The number of para-hydroxylation sites is 1. The Kier molecular flexibility index (Phi) is 6.07. The van der Waals surface area contributed by atoms with Gasteiger partial charge in [0.25, 0.3) is 0 Å². The summed E-state index contributed by atoms with van der Waals surface area (Å²) in [5, 5.41) is 3.27. The quantitative estimate of drug-likeness (QED) is 0.721. The first kappa shape index (κ1) is 16.1. The molecule has 4 heteroatoms. The van der Waals surface area contributed by atoms with E-state index in [1.54, 1.807) is 19.2 Å². The van der Waals surface area contributed by atoms with E-state index in [-0.39, 0.29) is 5.82 Å². The Morgan fingerprint density at radius 3 is 2.55 bits per heavy atom. The van der Waals surface area contributed by atoms with Crippen molar-refractivity contribution in [2.24, 2.45) is 0 Å². The van der Waals surface area contributed by atoms with E-state index < -0.39 is 0 Å². The van der Waals surface area contributed by atoms with Crippen molar-refractivity contribution in [3.8, 4) is 11.5 Å². The van der Waals surface area contributed by atoms with Crippen LogP contribution in [-0.2, 0) is 6.54 Å². The fourth-order valence-corrected chi connectivity index (χ4v) is 2.11. The molecule has 0 saturated carbocycles. The molecule has 3 nitrogen and oxygen atoms in total. The monoisotopic (exact) mass is 303 g/mol. The molecule has 0 bridgehead atoms. The van der Waals surface area contributed by atoms with Crippen molar-refractivity contribution in [1.29, 1.82) is 0 Å². The summed E-state index contributed by atoms with van der Waals surface area (Å²) in [7, 11) is 1.64. The molecule has 2 aromatic carbocycles. The third-order valence-corrected chi connectivity index (χ3v) is 3.35. The van der Waals surface area contributed by atoms with Gasteiger partial charge in [-0.05, 0) is 36.8 Å². The van der Waals surface area contributed by atoms with Crippen molar-refractivity contribution in [3.63, 3.8) is 0 Å². The molecular formula is C18H22FNO2. The average Bonchev–Trinajstić information content (AvgIpc) is 2.55. The van der Waals surface area contributed by atoms with Crippen LogP contribution < -0.4 is 14.8 Å². The smallest absolute Gasteiger partial charge is 0.166 e. The highest BCUT2D eigenvalue weighted by atomic mass is 19.1. The second kappa shape index (κ2) is 8.27. The summed E-state index contributed by atoms with van der Waals surface area (Å²) < 4.78 is 24.2. The van der Waals surface area contributed by atoms with Crippen molar-refractivity contribution in [3.05, 3.63) is 53.8 Å². The van der Waals surface area contributed by atoms with Gasteiger partial charge in [-0.15, -0.1) is 0 Å². The molecule has 0 saturated heterocycles. The molecule has 0 aromatic heterocycles. The van der Waals surface area contributed by atoms with Crippen LogP contribution in [0.2, 0.25) is 0 Å². The number of halogens is 1. The van der Waals surface area contributed by atoms with E-state index in [1.807, 2.05) is 18.2 Å². The number of ether oxygens (including phenoxy) is 2. The molecule has 22 heavy (non-hydrogen) atoms. The van der Waals surface area contributed by atoms with Gasteiger partial charge in [0.1, 0.15) is 5.82 Å². The topological polar surface area (TPSA) is 30.5 Å². The maximum atomic E-state index is 12.9. The number of hydrogen-bond donors (Lipinski definition) is 1. The van der Waals surface area contributed by atoms with Gasteiger partial charge in [-0.2, -0.15) is 0 Å². The van der Waals surface area contributed by atoms with Crippen LogP contribution in [0.3, 0.4) is 0 Å². The first-order chi connectivity index (χ1) is 10.7. The van der Waals surface area contributed by atoms with E-state index in [0.29, 0.717) is 13.2 Å². The van der Waals surface area contributed by atoms with Crippen LogP contribution in [-0.4, -0.2) is 13.7 Å². The van der Waals surface area contributed by atoms with Crippen LogP contribution in [0.25, 0.3) is 0 Å². The number of benzene rings is 2. The lowest BCUT2D eigenvalue weighted by Crippen LogP contribution is -2.06. The molecule has 2 rings (SSSR count). The lowest BCUT2D eigenvalue weighted by atomic mass is 10.1. The van der Waals surface area contributed by atoms with Gasteiger partial charge in [-0.3, -0.25) is 0 Å². The zero-order valence-corrected chi connectivity index (χ0v) is 13.1. The Hall–Kier alpha value is -2.23. The molecule has 0 atom stereocenters. The first-order valence-electron chi connectivity index (χ1n) is 7.52. The van der Waals surface area contributed by atoms with Gasteiger partial charge in [0.15, 0.2) is 11.5 Å². The maximum Gasteiger partial charge on any atom is 0.166 e. The van der Waals surface area contributed by atoms with E-state index in [4.69, 9.17) is 9.47 Å². The summed E-state index contributed by atoms with van der Waals surface area (Å²) in [6, 6.07) is 12.1. The average molecular weight is 303 g/mol. The predicted octanol–water partition coefficient (Wildman–Crippen LogP) is 4.63. The van der Waals surface area contributed by atoms with Crippen molar-refractivity contribution < 1.29 is 13.9 Å². The van der Waals surface area contributed by atoms with Crippen LogP contribution in [0.15, 0.2) is 42.5 Å². The molecule has 0 radical (unpaired) electrons. The van der Waals surface area contributed by atoms with Gasteiger partial charge in [-0.25, -0.2) is 4.39 Å². The third kappa shape index (κ3) is 4.38. The van der Waals surface area contributed by atoms with Gasteiger partial charge >= 0.3 is 0 Å². The molecule has 0 heterocycles. The van der Waals surface area contributed by atoms with E-state index >= 15 is 0 Å². The zero-order chi connectivity index (χ0) is 15.8. The van der Waals surface area contributed by atoms with Crippen molar-refractivity contribution in [2.75, 3.05) is 19.0 Å². The highest BCUT2D eigenvalue weighted by Crippen LogP contribution is 2.31. The van der Waals surface area contributed by atoms with Crippen LogP contribution in [0.5, 0.6) is 11.5 Å². The van der Waals surface area contributed by atoms with Crippen molar-refractivity contribution in [2.45, 2.75) is 26.3 Å². The number of unbranched alkanes of at least 4 members (excludes halogenated alkanes) is 1. The third-order valence-electron chi connectivity index (χ3n) is 3.35. The van der Waals surface area contributed by atoms with Crippen molar-refractivity contribution in [1.82, 2.24) is 0 Å². The summed E-state index contributed by atoms with van der Waals surface area (Å²) in [5.41, 5.74) is 1.88. The Labute approximate surface area is 131 Å². The minimum absolute atomic E-state index is 0.240. The highest BCUT2D eigenvalue weighted by molar-refractivity contribution is 5.50. The highest BCUT2D eigenvalue weighted by Gasteiger charge is 2.10. The summed E-state index contributed by atoms with van der Waals surface area (Å²) >= 11 is 0. The maximum absolute atomic E-state index is 12.9. The Morgan fingerprint density at radius 2 is 1.86 bits per heavy atom. The number of methoxy groups -OCH3 is 1. The second-order valence-electron chi connectivity index (χ2n) is 5.01. The molecule has 118 valence electrons. The number of rotatable bonds is 8. The lowest BCUT2D eigenvalue weighted by Gasteiger charge is -2.16. The standard InChI is InChI=1S/C18H22FNO2/c1-3-4-12-22-18-14(6-5-7-17(18)21-2)13-20-16-10-8-15(19)9-11-16/h5-11,20H,3-4,12-13H2,1-2H3. The van der Waals surface area contributed by atoms with Crippen LogP contribution >= 0.6 is 0 Å². The van der Waals surface area contributed by atoms with Gasteiger partial charge in [0, 0.05) is 17.8 Å². The minimum Gasteiger partial charge on any atom is -0.493 e. The van der Waals surface area contributed by atoms with E-state index in [0.717, 1.165) is 35.6 Å². The predicted molar refractivity (Wildman–Crippen MR) is 87.1 cm³/mol. The fraction of sp³-hybridized carbons (Fsp3) is 0.333. The van der Waals surface area contributed by atoms with Gasteiger partial charge in [0.2, 0.25) is 0 Å². The van der Waals surface area contributed by atoms with Crippen LogP contribution in [0.1, 0.15) is 25.3 Å². The summed E-state index contributed by atoms with van der Waals surface area (Å²) in [4.78, 5) is 0. The normalized spacial score (nSPS) is 10.3. The second-order valence-corrected chi connectivity index (χ2v) is 5.01. The molecular weight excluding hydrogens is 281 g/mol. The van der Waals surface area contributed by atoms with Gasteiger partial charge in [0.05, 0.1) is 13.7 Å². The summed E-state index contributed by atoms with van der Waals surface area (Å²) in [5.74, 6) is 1.26. The number of nitrogens with one attached hydrogen (secondary N) is 1.